The predicted octanol–water partition coefficient (Wildman–Crippen LogP) is 3.42. The van der Waals surface area contributed by atoms with Crippen molar-refractivity contribution in [3.05, 3.63) is 65.2 Å². The van der Waals surface area contributed by atoms with Crippen LogP contribution in [0.2, 0.25) is 0 Å². The molecular weight excluding hydrogens is 308 g/mol. The normalized spacial score (nSPS) is 22.4. The van der Waals surface area contributed by atoms with E-state index in [9.17, 15) is 0 Å². The zero-order valence-electron chi connectivity index (χ0n) is 14.8. The largest absolute Gasteiger partial charge is 0.492 e. The van der Waals surface area contributed by atoms with E-state index in [-0.39, 0.29) is 6.04 Å². The number of hydrogen-bond acceptors (Lipinski definition) is 3. The Bertz CT molecular complexity index is 696. The highest BCUT2D eigenvalue weighted by molar-refractivity contribution is 5.41. The Morgan fingerprint density at radius 3 is 2.68 bits per heavy atom. The lowest BCUT2D eigenvalue weighted by Gasteiger charge is -2.32. The van der Waals surface area contributed by atoms with Crippen molar-refractivity contribution in [3.8, 4) is 5.75 Å². The minimum atomic E-state index is 0.222. The fourth-order valence-corrected chi connectivity index (χ4v) is 3.84. The van der Waals surface area contributed by atoms with E-state index in [0.29, 0.717) is 5.92 Å². The number of fused-ring (bicyclic) bond motifs is 1. The fourth-order valence-electron chi connectivity index (χ4n) is 3.84. The first-order valence-electron chi connectivity index (χ1n) is 9.58. The maximum Gasteiger partial charge on any atom is 0.119 e. The lowest BCUT2D eigenvalue weighted by atomic mass is 9.76. The molecule has 1 fully saturated rings. The number of nitrogens with two attached hydrogens (primary N) is 1. The van der Waals surface area contributed by atoms with Crippen LogP contribution in [0.5, 0.6) is 5.75 Å². The van der Waals surface area contributed by atoms with Gasteiger partial charge in [-0.2, -0.15) is 0 Å². The average Bonchev–Trinajstić information content (AvgIpc) is 3.46. The molecule has 0 aliphatic heterocycles. The molecule has 0 amide bonds. The van der Waals surface area contributed by atoms with Crippen LogP contribution in [0.1, 0.15) is 41.9 Å². The monoisotopic (exact) mass is 336 g/mol. The Morgan fingerprint density at radius 1 is 1.04 bits per heavy atom. The minimum Gasteiger partial charge on any atom is -0.492 e. The second-order valence-electron chi connectivity index (χ2n) is 7.44. The first-order chi connectivity index (χ1) is 12.3. The molecule has 4 rings (SSSR count). The van der Waals surface area contributed by atoms with E-state index >= 15 is 0 Å². The number of nitrogens with one attached hydrogen (secondary N) is 1. The van der Waals surface area contributed by atoms with Crippen LogP contribution >= 0.6 is 0 Å². The van der Waals surface area contributed by atoms with E-state index in [1.165, 1.54) is 29.5 Å². The molecule has 25 heavy (non-hydrogen) atoms. The first-order valence-corrected chi connectivity index (χ1v) is 9.58. The highest BCUT2D eigenvalue weighted by atomic mass is 16.5. The third kappa shape index (κ3) is 4.23. The summed E-state index contributed by atoms with van der Waals surface area (Å²) in [6, 6.07) is 18.2. The van der Waals surface area contributed by atoms with Gasteiger partial charge >= 0.3 is 0 Å². The highest BCUT2D eigenvalue weighted by Crippen LogP contribution is 2.35. The third-order valence-corrected chi connectivity index (χ3v) is 5.46. The molecule has 2 unspecified atom stereocenters. The van der Waals surface area contributed by atoms with E-state index < -0.39 is 0 Å². The van der Waals surface area contributed by atoms with Crippen molar-refractivity contribution in [1.29, 1.82) is 0 Å². The predicted molar refractivity (Wildman–Crippen MR) is 102 cm³/mol. The number of hydrogen-bond donors (Lipinski definition) is 2. The van der Waals surface area contributed by atoms with E-state index in [1.54, 1.807) is 0 Å². The van der Waals surface area contributed by atoms with Gasteiger partial charge in [0.25, 0.3) is 0 Å². The molecule has 0 radical (unpaired) electrons. The van der Waals surface area contributed by atoms with Gasteiger partial charge in [-0.25, -0.2) is 0 Å². The van der Waals surface area contributed by atoms with Gasteiger partial charge in [-0.05, 0) is 60.9 Å². The van der Waals surface area contributed by atoms with Crippen LogP contribution in [0.3, 0.4) is 0 Å². The topological polar surface area (TPSA) is 47.3 Å². The summed E-state index contributed by atoms with van der Waals surface area (Å²) in [6.07, 6.45) is 5.78. The molecule has 2 aliphatic carbocycles. The summed E-state index contributed by atoms with van der Waals surface area (Å²) in [5, 5.41) is 3.49. The second-order valence-corrected chi connectivity index (χ2v) is 7.44. The molecule has 3 N–H and O–H groups in total. The number of ether oxygens (including phenoxy) is 1. The zero-order chi connectivity index (χ0) is 17.1. The smallest absolute Gasteiger partial charge is 0.119 e. The standard InChI is InChI=1S/C22H28N2O/c23-22-11-7-17-6-10-19(25-13-12-24-18-8-9-18)15-20(17)21(22)14-16-4-2-1-3-5-16/h1-6,10,15,18,21-22,24H,7-9,11-14,23H2. The van der Waals surface area contributed by atoms with Gasteiger partial charge in [0, 0.05) is 24.5 Å². The van der Waals surface area contributed by atoms with E-state index in [1.807, 2.05) is 0 Å². The Balaban J connectivity index is 1.46. The molecule has 132 valence electrons. The van der Waals surface area contributed by atoms with E-state index in [2.05, 4.69) is 53.8 Å². The molecule has 3 heteroatoms. The van der Waals surface area contributed by atoms with Crippen molar-refractivity contribution in [2.24, 2.45) is 5.73 Å². The van der Waals surface area contributed by atoms with Gasteiger partial charge in [0.05, 0.1) is 0 Å². The molecule has 0 saturated heterocycles. The Labute approximate surface area is 150 Å². The number of benzene rings is 2. The van der Waals surface area contributed by atoms with Gasteiger partial charge in [0.1, 0.15) is 12.4 Å². The van der Waals surface area contributed by atoms with E-state index in [0.717, 1.165) is 44.2 Å². The molecule has 2 aromatic carbocycles. The van der Waals surface area contributed by atoms with Gasteiger partial charge in [-0.15, -0.1) is 0 Å². The van der Waals surface area contributed by atoms with Gasteiger partial charge in [-0.3, -0.25) is 0 Å². The third-order valence-electron chi connectivity index (χ3n) is 5.46. The summed E-state index contributed by atoms with van der Waals surface area (Å²) in [7, 11) is 0. The fraction of sp³-hybridized carbons (Fsp3) is 0.455. The molecule has 1 saturated carbocycles. The minimum absolute atomic E-state index is 0.222. The highest BCUT2D eigenvalue weighted by Gasteiger charge is 2.27. The van der Waals surface area contributed by atoms with Gasteiger partial charge < -0.3 is 15.8 Å². The summed E-state index contributed by atoms with van der Waals surface area (Å²) in [5.41, 5.74) is 10.7. The summed E-state index contributed by atoms with van der Waals surface area (Å²) in [6.45, 7) is 1.65. The van der Waals surface area contributed by atoms with Crippen LogP contribution in [0.15, 0.2) is 48.5 Å². The molecule has 0 aromatic heterocycles. The molecule has 0 spiro atoms. The zero-order valence-corrected chi connectivity index (χ0v) is 14.8. The van der Waals surface area contributed by atoms with Gasteiger partial charge in [0.2, 0.25) is 0 Å². The lowest BCUT2D eigenvalue weighted by Crippen LogP contribution is -2.34. The van der Waals surface area contributed by atoms with Crippen molar-refractivity contribution >= 4 is 0 Å². The average molecular weight is 336 g/mol. The summed E-state index contributed by atoms with van der Waals surface area (Å²) in [4.78, 5) is 0. The summed E-state index contributed by atoms with van der Waals surface area (Å²) >= 11 is 0. The second kappa shape index (κ2) is 7.59. The van der Waals surface area contributed by atoms with Crippen molar-refractivity contribution in [2.45, 2.75) is 50.1 Å². The van der Waals surface area contributed by atoms with Crippen molar-refractivity contribution in [1.82, 2.24) is 5.32 Å². The molecular formula is C22H28N2O. The molecule has 3 nitrogen and oxygen atoms in total. The van der Waals surface area contributed by atoms with Crippen LogP contribution in [0, 0.1) is 0 Å². The Kier molecular flexibility index (Phi) is 5.04. The summed E-state index contributed by atoms with van der Waals surface area (Å²) < 4.78 is 5.98. The van der Waals surface area contributed by atoms with Crippen molar-refractivity contribution in [2.75, 3.05) is 13.2 Å². The number of aryl methyl sites for hydroxylation is 1. The maximum absolute atomic E-state index is 6.50. The maximum atomic E-state index is 6.50. The van der Waals surface area contributed by atoms with Gasteiger partial charge in [-0.1, -0.05) is 36.4 Å². The lowest BCUT2D eigenvalue weighted by molar-refractivity contribution is 0.312. The van der Waals surface area contributed by atoms with Crippen LogP contribution in [-0.2, 0) is 12.8 Å². The van der Waals surface area contributed by atoms with Crippen LogP contribution in [-0.4, -0.2) is 25.2 Å². The summed E-state index contributed by atoms with van der Waals surface area (Å²) in [5.74, 6) is 1.35. The van der Waals surface area contributed by atoms with Crippen LogP contribution < -0.4 is 15.8 Å². The molecule has 2 atom stereocenters. The quantitative estimate of drug-likeness (QED) is 0.762. The molecule has 2 aromatic rings. The Hall–Kier alpha value is -1.84. The van der Waals surface area contributed by atoms with Crippen molar-refractivity contribution < 1.29 is 4.74 Å². The van der Waals surface area contributed by atoms with Gasteiger partial charge in [0.15, 0.2) is 0 Å². The molecule has 0 bridgehead atoms. The van der Waals surface area contributed by atoms with Crippen LogP contribution in [0.4, 0.5) is 0 Å². The van der Waals surface area contributed by atoms with E-state index in [4.69, 9.17) is 10.5 Å². The van der Waals surface area contributed by atoms with Crippen LogP contribution in [0.25, 0.3) is 0 Å². The van der Waals surface area contributed by atoms with Crippen molar-refractivity contribution in [3.63, 3.8) is 0 Å². The SMILES string of the molecule is NC1CCc2ccc(OCCNC3CC3)cc2C1Cc1ccccc1. The molecule has 2 aliphatic rings. The first kappa shape index (κ1) is 16.6. The molecule has 0 heterocycles. The Morgan fingerprint density at radius 2 is 1.88 bits per heavy atom. The number of rotatable bonds is 7.